The molecule has 2 fully saturated rings. The molecule has 1 nitrogen and oxygen atoms in total. The topological polar surface area (TPSA) is 9.23 Å². The van der Waals surface area contributed by atoms with Crippen molar-refractivity contribution in [2.24, 2.45) is 17.8 Å². The summed E-state index contributed by atoms with van der Waals surface area (Å²) >= 11 is 0. The van der Waals surface area contributed by atoms with Crippen LogP contribution in [0.5, 0.6) is 5.75 Å². The second-order valence-corrected chi connectivity index (χ2v) is 9.56. The number of rotatable bonds is 6. The average Bonchev–Trinajstić information content (AvgIpc) is 2.81. The minimum atomic E-state index is -1.33. The lowest BCUT2D eigenvalue weighted by molar-refractivity contribution is 0.158. The standard InChI is InChI=1S/C27H32F4O/c1-2-17-3-5-18(6-4-17)19-7-9-20(10-8-19)21-11-12-23(24(29)13-21)22-14-25(30)27(32-16-28)26(31)15-22/h11-15,17-20H,2-10,16H2,1H3. The van der Waals surface area contributed by atoms with E-state index in [1.54, 1.807) is 6.07 Å². The van der Waals surface area contributed by atoms with Crippen LogP contribution in [0, 0.1) is 35.2 Å². The van der Waals surface area contributed by atoms with E-state index >= 15 is 0 Å². The third kappa shape index (κ3) is 4.97. The molecule has 2 aliphatic rings. The first-order chi connectivity index (χ1) is 15.5. The maximum absolute atomic E-state index is 14.9. The highest BCUT2D eigenvalue weighted by molar-refractivity contribution is 5.66. The van der Waals surface area contributed by atoms with Gasteiger partial charge in [0.2, 0.25) is 6.86 Å². The minimum Gasteiger partial charge on any atom is -0.457 e. The predicted octanol–water partition coefficient (Wildman–Crippen LogP) is 8.57. The Labute approximate surface area is 188 Å². The summed E-state index contributed by atoms with van der Waals surface area (Å²) in [5.74, 6) is -0.487. The number of ether oxygens (including phenoxy) is 1. The molecule has 0 bridgehead atoms. The molecule has 2 saturated carbocycles. The van der Waals surface area contributed by atoms with Gasteiger partial charge in [0.25, 0.3) is 0 Å². The van der Waals surface area contributed by atoms with Gasteiger partial charge in [0, 0.05) is 5.56 Å². The molecule has 0 saturated heterocycles. The lowest BCUT2D eigenvalue weighted by atomic mass is 9.68. The van der Waals surface area contributed by atoms with Crippen molar-refractivity contribution in [1.82, 2.24) is 0 Å². The summed E-state index contributed by atoms with van der Waals surface area (Å²) in [6, 6.07) is 6.92. The van der Waals surface area contributed by atoms with E-state index in [9.17, 15) is 17.6 Å². The van der Waals surface area contributed by atoms with Crippen molar-refractivity contribution < 1.29 is 22.3 Å². The Hall–Kier alpha value is -2.04. The molecule has 2 aliphatic carbocycles. The maximum Gasteiger partial charge on any atom is 0.228 e. The smallest absolute Gasteiger partial charge is 0.228 e. The van der Waals surface area contributed by atoms with Gasteiger partial charge in [-0.15, -0.1) is 0 Å². The Morgan fingerprint density at radius 2 is 1.38 bits per heavy atom. The Kier molecular flexibility index (Phi) is 7.42. The quantitative estimate of drug-likeness (QED) is 0.402. The maximum atomic E-state index is 14.9. The molecule has 0 N–H and O–H groups in total. The summed E-state index contributed by atoms with van der Waals surface area (Å²) in [5, 5.41) is 0. The van der Waals surface area contributed by atoms with Crippen LogP contribution in [-0.2, 0) is 0 Å². The summed E-state index contributed by atoms with van der Waals surface area (Å²) in [6.07, 6.45) is 11.3. The number of halogens is 4. The lowest BCUT2D eigenvalue weighted by Gasteiger charge is -2.38. The van der Waals surface area contributed by atoms with E-state index < -0.39 is 30.1 Å². The molecule has 0 spiro atoms. The number of benzene rings is 2. The summed E-state index contributed by atoms with van der Waals surface area (Å²) in [7, 11) is 0. The van der Waals surface area contributed by atoms with E-state index in [0.717, 1.165) is 48.3 Å². The van der Waals surface area contributed by atoms with Crippen molar-refractivity contribution in [2.75, 3.05) is 6.86 Å². The monoisotopic (exact) mass is 448 g/mol. The van der Waals surface area contributed by atoms with Crippen LogP contribution in [0.15, 0.2) is 30.3 Å². The molecular formula is C27H32F4O. The van der Waals surface area contributed by atoms with Gasteiger partial charge in [-0.2, -0.15) is 0 Å². The first-order valence-corrected chi connectivity index (χ1v) is 12.0. The Balaban J connectivity index is 1.41. The van der Waals surface area contributed by atoms with Crippen molar-refractivity contribution in [3.8, 4) is 16.9 Å². The first kappa shape index (κ1) is 23.1. The molecule has 2 aromatic rings. The third-order valence-electron chi connectivity index (χ3n) is 7.88. The van der Waals surface area contributed by atoms with Gasteiger partial charge in [-0.25, -0.2) is 17.6 Å². The van der Waals surface area contributed by atoms with Crippen LogP contribution in [0.25, 0.3) is 11.1 Å². The molecular weight excluding hydrogens is 416 g/mol. The van der Waals surface area contributed by atoms with Gasteiger partial charge < -0.3 is 4.74 Å². The summed E-state index contributed by atoms with van der Waals surface area (Å²) < 4.78 is 59.7. The van der Waals surface area contributed by atoms with Crippen molar-refractivity contribution >= 4 is 0 Å². The zero-order valence-corrected chi connectivity index (χ0v) is 18.7. The van der Waals surface area contributed by atoms with Crippen molar-refractivity contribution in [3.05, 3.63) is 53.3 Å². The molecule has 0 aliphatic heterocycles. The van der Waals surface area contributed by atoms with Gasteiger partial charge in [-0.1, -0.05) is 38.3 Å². The molecule has 0 heterocycles. The second kappa shape index (κ2) is 10.3. The van der Waals surface area contributed by atoms with Crippen LogP contribution < -0.4 is 4.74 Å². The number of alkyl halides is 1. The van der Waals surface area contributed by atoms with Crippen LogP contribution >= 0.6 is 0 Å². The van der Waals surface area contributed by atoms with Crippen LogP contribution in [0.3, 0.4) is 0 Å². The summed E-state index contributed by atoms with van der Waals surface area (Å²) in [4.78, 5) is 0. The molecule has 0 unspecified atom stereocenters. The largest absolute Gasteiger partial charge is 0.457 e. The minimum absolute atomic E-state index is 0.0710. The van der Waals surface area contributed by atoms with Crippen LogP contribution in [0.2, 0.25) is 0 Å². The number of hydrogen-bond donors (Lipinski definition) is 0. The molecule has 0 radical (unpaired) electrons. The Morgan fingerprint density at radius 1 is 0.781 bits per heavy atom. The van der Waals surface area contributed by atoms with E-state index in [0.29, 0.717) is 5.92 Å². The predicted molar refractivity (Wildman–Crippen MR) is 119 cm³/mol. The van der Waals surface area contributed by atoms with E-state index in [1.807, 2.05) is 6.07 Å². The molecule has 5 heteroatoms. The SMILES string of the molecule is CCC1CCC(C2CCC(c3ccc(-c4cc(F)c(OCF)c(F)c4)c(F)c3)CC2)CC1. The summed E-state index contributed by atoms with van der Waals surface area (Å²) in [5.41, 5.74) is 1.15. The number of hydrogen-bond acceptors (Lipinski definition) is 1. The fourth-order valence-electron chi connectivity index (χ4n) is 5.92. The molecule has 0 atom stereocenters. The van der Waals surface area contributed by atoms with E-state index in [4.69, 9.17) is 0 Å². The molecule has 32 heavy (non-hydrogen) atoms. The lowest BCUT2D eigenvalue weighted by Crippen LogP contribution is -2.25. The van der Waals surface area contributed by atoms with Crippen LogP contribution in [0.4, 0.5) is 17.6 Å². The highest BCUT2D eigenvalue weighted by Crippen LogP contribution is 2.44. The Bertz CT molecular complexity index is 889. The van der Waals surface area contributed by atoms with Crippen molar-refractivity contribution in [2.45, 2.75) is 70.6 Å². The molecule has 2 aromatic carbocycles. The molecule has 0 aromatic heterocycles. The molecule has 4 rings (SSSR count). The van der Waals surface area contributed by atoms with Gasteiger partial charge in [0.05, 0.1) is 0 Å². The van der Waals surface area contributed by atoms with E-state index in [2.05, 4.69) is 11.7 Å². The first-order valence-electron chi connectivity index (χ1n) is 12.0. The van der Waals surface area contributed by atoms with Crippen molar-refractivity contribution in [3.63, 3.8) is 0 Å². The fraction of sp³-hybridized carbons (Fsp3) is 0.556. The van der Waals surface area contributed by atoms with Gasteiger partial charge in [0.1, 0.15) is 5.82 Å². The molecule has 0 amide bonds. The highest BCUT2D eigenvalue weighted by atomic mass is 19.1. The van der Waals surface area contributed by atoms with Gasteiger partial charge in [0.15, 0.2) is 17.4 Å². The Morgan fingerprint density at radius 3 is 1.91 bits per heavy atom. The third-order valence-corrected chi connectivity index (χ3v) is 7.88. The normalized spacial score (nSPS) is 26.2. The summed E-state index contributed by atoms with van der Waals surface area (Å²) in [6.45, 7) is 0.961. The zero-order chi connectivity index (χ0) is 22.7. The zero-order valence-electron chi connectivity index (χ0n) is 18.7. The van der Waals surface area contributed by atoms with E-state index in [1.165, 1.54) is 51.0 Å². The van der Waals surface area contributed by atoms with Crippen LogP contribution in [-0.4, -0.2) is 6.86 Å². The average molecular weight is 449 g/mol. The highest BCUT2D eigenvalue weighted by Gasteiger charge is 2.31. The molecule has 174 valence electrons. The fourth-order valence-corrected chi connectivity index (χ4v) is 5.92. The van der Waals surface area contributed by atoms with Gasteiger partial charge in [-0.05, 0) is 91.5 Å². The second-order valence-electron chi connectivity index (χ2n) is 9.56. The van der Waals surface area contributed by atoms with Gasteiger partial charge >= 0.3 is 0 Å². The van der Waals surface area contributed by atoms with Crippen LogP contribution in [0.1, 0.15) is 76.2 Å². The van der Waals surface area contributed by atoms with Gasteiger partial charge in [-0.3, -0.25) is 0 Å². The van der Waals surface area contributed by atoms with Crippen molar-refractivity contribution in [1.29, 1.82) is 0 Å². The van der Waals surface area contributed by atoms with E-state index in [-0.39, 0.29) is 11.1 Å².